The summed E-state index contributed by atoms with van der Waals surface area (Å²) in [6.07, 6.45) is 1.32. The number of nitrogens with one attached hydrogen (secondary N) is 1. The second-order valence-corrected chi connectivity index (χ2v) is 5.95. The summed E-state index contributed by atoms with van der Waals surface area (Å²) in [4.78, 5) is 12.1. The van der Waals surface area contributed by atoms with Crippen LogP contribution in [0.2, 0.25) is 0 Å². The standard InChI is InChI=1S/C16H21N3O4S/c1-2-8-21-16(20)19-7-3-6-18(19)15(24)17-10-12-4-5-13-14(9-12)23-11-22-13/h4-5,9H,2-3,6-8,10-11H2,1H3,(H,17,24). The van der Waals surface area contributed by atoms with Gasteiger partial charge in [0.15, 0.2) is 16.6 Å². The Bertz CT molecular complexity index is 625. The molecule has 1 N–H and O–H groups in total. The van der Waals surface area contributed by atoms with Gasteiger partial charge in [-0.05, 0) is 42.8 Å². The fourth-order valence-corrected chi connectivity index (χ4v) is 2.86. The number of ether oxygens (including phenoxy) is 3. The molecule has 1 saturated heterocycles. The molecule has 0 unspecified atom stereocenters. The van der Waals surface area contributed by atoms with E-state index in [1.165, 1.54) is 0 Å². The van der Waals surface area contributed by atoms with Crippen molar-refractivity contribution in [3.63, 3.8) is 0 Å². The third-order valence-electron chi connectivity index (χ3n) is 3.79. The molecular weight excluding hydrogens is 330 g/mol. The highest BCUT2D eigenvalue weighted by atomic mass is 32.1. The molecular formula is C16H21N3O4S. The Labute approximate surface area is 146 Å². The van der Waals surface area contributed by atoms with E-state index in [0.29, 0.717) is 31.4 Å². The average Bonchev–Trinajstić information content (AvgIpc) is 3.25. The van der Waals surface area contributed by atoms with Crippen LogP contribution in [-0.4, -0.2) is 47.7 Å². The van der Waals surface area contributed by atoms with E-state index in [1.54, 1.807) is 10.0 Å². The second-order valence-electron chi connectivity index (χ2n) is 5.56. The van der Waals surface area contributed by atoms with Gasteiger partial charge in [0.25, 0.3) is 0 Å². The number of nitrogens with zero attached hydrogens (tertiary/aromatic N) is 2. The predicted molar refractivity (Wildman–Crippen MR) is 91.7 cm³/mol. The van der Waals surface area contributed by atoms with Crippen LogP contribution in [0.25, 0.3) is 0 Å². The van der Waals surface area contributed by atoms with Crippen LogP contribution >= 0.6 is 12.2 Å². The van der Waals surface area contributed by atoms with Crippen molar-refractivity contribution in [2.75, 3.05) is 26.5 Å². The highest BCUT2D eigenvalue weighted by molar-refractivity contribution is 7.80. The minimum atomic E-state index is -0.346. The molecule has 2 aliphatic heterocycles. The van der Waals surface area contributed by atoms with Crippen LogP contribution in [0.5, 0.6) is 11.5 Å². The summed E-state index contributed by atoms with van der Waals surface area (Å²) in [6, 6.07) is 5.77. The maximum Gasteiger partial charge on any atom is 0.428 e. The van der Waals surface area contributed by atoms with Crippen LogP contribution in [0.15, 0.2) is 18.2 Å². The maximum absolute atomic E-state index is 12.1. The fourth-order valence-electron chi connectivity index (χ4n) is 2.60. The van der Waals surface area contributed by atoms with Gasteiger partial charge in [-0.1, -0.05) is 13.0 Å². The van der Waals surface area contributed by atoms with Gasteiger partial charge >= 0.3 is 6.09 Å². The quantitative estimate of drug-likeness (QED) is 0.835. The lowest BCUT2D eigenvalue weighted by molar-refractivity contribution is 0.0527. The number of hydrogen-bond donors (Lipinski definition) is 1. The summed E-state index contributed by atoms with van der Waals surface area (Å²) in [5.41, 5.74) is 1.03. The van der Waals surface area contributed by atoms with Crippen LogP contribution < -0.4 is 14.8 Å². The van der Waals surface area contributed by atoms with Crippen molar-refractivity contribution >= 4 is 23.4 Å². The van der Waals surface area contributed by atoms with Crippen molar-refractivity contribution in [1.82, 2.24) is 15.3 Å². The van der Waals surface area contributed by atoms with Gasteiger partial charge in [0.2, 0.25) is 6.79 Å². The molecule has 24 heavy (non-hydrogen) atoms. The van der Waals surface area contributed by atoms with Gasteiger partial charge in [0.05, 0.1) is 6.61 Å². The molecule has 0 radical (unpaired) electrons. The van der Waals surface area contributed by atoms with Crippen molar-refractivity contribution in [3.05, 3.63) is 23.8 Å². The minimum absolute atomic E-state index is 0.257. The molecule has 130 valence electrons. The summed E-state index contributed by atoms with van der Waals surface area (Å²) < 4.78 is 15.9. The van der Waals surface area contributed by atoms with Gasteiger partial charge in [-0.3, -0.25) is 5.01 Å². The Morgan fingerprint density at radius 2 is 2.08 bits per heavy atom. The first kappa shape index (κ1) is 16.6. The summed E-state index contributed by atoms with van der Waals surface area (Å²) >= 11 is 5.43. The predicted octanol–water partition coefficient (Wildman–Crippen LogP) is 2.26. The van der Waals surface area contributed by atoms with E-state index in [0.717, 1.165) is 29.9 Å². The van der Waals surface area contributed by atoms with Gasteiger partial charge in [0.1, 0.15) is 0 Å². The zero-order valence-electron chi connectivity index (χ0n) is 13.6. The number of hydrogen-bond acceptors (Lipinski definition) is 5. The fraction of sp³-hybridized carbons (Fsp3) is 0.500. The number of rotatable bonds is 4. The average molecular weight is 351 g/mol. The van der Waals surface area contributed by atoms with E-state index in [2.05, 4.69) is 5.32 Å². The van der Waals surface area contributed by atoms with Gasteiger partial charge in [-0.15, -0.1) is 0 Å². The molecule has 0 bridgehead atoms. The Balaban J connectivity index is 1.55. The third kappa shape index (κ3) is 3.64. The molecule has 0 aromatic heterocycles. The summed E-state index contributed by atoms with van der Waals surface area (Å²) in [5.74, 6) is 1.50. The van der Waals surface area contributed by atoms with Gasteiger partial charge in [0, 0.05) is 19.6 Å². The zero-order valence-corrected chi connectivity index (χ0v) is 14.4. The normalized spacial score (nSPS) is 15.5. The van der Waals surface area contributed by atoms with Gasteiger partial charge < -0.3 is 19.5 Å². The number of thiocarbonyl (C=S) groups is 1. The molecule has 2 aliphatic rings. The molecule has 1 aromatic carbocycles. The van der Waals surface area contributed by atoms with Crippen LogP contribution in [0.3, 0.4) is 0 Å². The molecule has 1 fully saturated rings. The van der Waals surface area contributed by atoms with E-state index < -0.39 is 0 Å². The van der Waals surface area contributed by atoms with E-state index in [4.69, 9.17) is 26.4 Å². The van der Waals surface area contributed by atoms with E-state index in [9.17, 15) is 4.79 Å². The highest BCUT2D eigenvalue weighted by Crippen LogP contribution is 2.32. The number of carbonyl (C=O) groups excluding carboxylic acids is 1. The maximum atomic E-state index is 12.1. The van der Waals surface area contributed by atoms with Crippen LogP contribution in [0.1, 0.15) is 25.3 Å². The Hall–Kier alpha value is -2.22. The molecule has 0 aliphatic carbocycles. The summed E-state index contributed by atoms with van der Waals surface area (Å²) in [7, 11) is 0. The number of fused-ring (bicyclic) bond motifs is 1. The van der Waals surface area contributed by atoms with Crippen molar-refractivity contribution in [2.45, 2.75) is 26.3 Å². The largest absolute Gasteiger partial charge is 0.454 e. The summed E-state index contributed by atoms with van der Waals surface area (Å²) in [6.45, 7) is 4.51. The number of amides is 1. The SMILES string of the molecule is CCCOC(=O)N1CCCN1C(=S)NCc1ccc2c(c1)OCO2. The topological polar surface area (TPSA) is 63.3 Å². The van der Waals surface area contributed by atoms with Crippen LogP contribution in [0.4, 0.5) is 4.79 Å². The first-order chi connectivity index (χ1) is 11.7. The lowest BCUT2D eigenvalue weighted by Gasteiger charge is -2.29. The minimum Gasteiger partial charge on any atom is -0.454 e. The molecule has 7 nitrogen and oxygen atoms in total. The van der Waals surface area contributed by atoms with Crippen LogP contribution in [-0.2, 0) is 11.3 Å². The van der Waals surface area contributed by atoms with E-state index >= 15 is 0 Å². The van der Waals surface area contributed by atoms with E-state index in [1.807, 2.05) is 25.1 Å². The van der Waals surface area contributed by atoms with Crippen LogP contribution in [0, 0.1) is 0 Å². The molecule has 0 atom stereocenters. The molecule has 1 amide bonds. The Kier molecular flexibility index (Phi) is 5.24. The van der Waals surface area contributed by atoms with Crippen molar-refractivity contribution in [3.8, 4) is 11.5 Å². The molecule has 2 heterocycles. The van der Waals surface area contributed by atoms with E-state index in [-0.39, 0.29) is 12.9 Å². The summed E-state index contributed by atoms with van der Waals surface area (Å²) in [5, 5.41) is 7.02. The molecule has 8 heteroatoms. The van der Waals surface area contributed by atoms with Gasteiger partial charge in [-0.2, -0.15) is 0 Å². The third-order valence-corrected chi connectivity index (χ3v) is 4.14. The van der Waals surface area contributed by atoms with Crippen molar-refractivity contribution in [2.24, 2.45) is 0 Å². The smallest absolute Gasteiger partial charge is 0.428 e. The van der Waals surface area contributed by atoms with Gasteiger partial charge in [-0.25, -0.2) is 9.80 Å². The number of carbonyl (C=O) groups is 1. The Morgan fingerprint density at radius 3 is 2.92 bits per heavy atom. The van der Waals surface area contributed by atoms with Crippen molar-refractivity contribution < 1.29 is 19.0 Å². The zero-order chi connectivity index (χ0) is 16.9. The monoisotopic (exact) mass is 351 g/mol. The molecule has 1 aromatic rings. The lowest BCUT2D eigenvalue weighted by atomic mass is 10.2. The number of benzene rings is 1. The first-order valence-corrected chi connectivity index (χ1v) is 8.48. The molecule has 3 rings (SSSR count). The second kappa shape index (κ2) is 7.57. The highest BCUT2D eigenvalue weighted by Gasteiger charge is 2.29. The molecule has 0 spiro atoms. The molecule has 0 saturated carbocycles. The van der Waals surface area contributed by atoms with Crippen molar-refractivity contribution in [1.29, 1.82) is 0 Å². The number of hydrazine groups is 1. The lowest BCUT2D eigenvalue weighted by Crippen LogP contribution is -2.49. The Morgan fingerprint density at radius 1 is 1.29 bits per heavy atom. The first-order valence-electron chi connectivity index (χ1n) is 8.07.